The molecule has 0 saturated heterocycles. The van der Waals surface area contributed by atoms with Gasteiger partial charge in [0.05, 0.1) is 11.6 Å². The molecule has 0 bridgehead atoms. The Hall–Kier alpha value is -1.30. The maximum atomic E-state index is 12.9. The molecule has 0 radical (unpaired) electrons. The van der Waals surface area contributed by atoms with E-state index in [9.17, 15) is 4.39 Å². The summed E-state index contributed by atoms with van der Waals surface area (Å²) < 4.78 is 12.9. The minimum atomic E-state index is -0.286. The third-order valence-corrected chi connectivity index (χ3v) is 1.56. The molecule has 0 spiro atoms. The first-order valence-electron chi connectivity index (χ1n) is 3.46. The van der Waals surface area contributed by atoms with Crippen LogP contribution in [0.5, 0.6) is 0 Å². The van der Waals surface area contributed by atoms with Crippen molar-refractivity contribution < 1.29 is 4.39 Å². The number of hydrogen-bond donors (Lipinski definition) is 0. The zero-order chi connectivity index (χ0) is 8.27. The fourth-order valence-corrected chi connectivity index (χ4v) is 0.904. The fourth-order valence-electron chi connectivity index (χ4n) is 0.904. The molecule has 0 atom stereocenters. The molecule has 1 rings (SSSR count). The summed E-state index contributed by atoms with van der Waals surface area (Å²) >= 11 is 0. The van der Waals surface area contributed by atoms with E-state index in [1.807, 2.05) is 13.9 Å². The minimum Gasteiger partial charge on any atom is -0.207 e. The van der Waals surface area contributed by atoms with Gasteiger partial charge in [-0.25, -0.2) is 4.39 Å². The van der Waals surface area contributed by atoms with Crippen LogP contribution in [0.15, 0.2) is 18.2 Å². The van der Waals surface area contributed by atoms with Crippen molar-refractivity contribution in [2.75, 3.05) is 0 Å². The molecule has 0 N–H and O–H groups in total. The Kier molecular flexibility index (Phi) is 2.27. The summed E-state index contributed by atoms with van der Waals surface area (Å²) in [5, 5.41) is 8.41. The van der Waals surface area contributed by atoms with E-state index in [4.69, 9.17) is 5.26 Å². The monoisotopic (exact) mass is 147 g/mol. The third kappa shape index (κ3) is 1.59. The lowest BCUT2D eigenvalue weighted by Gasteiger charge is -1.97. The average molecular weight is 147 g/mol. The summed E-state index contributed by atoms with van der Waals surface area (Å²) in [6, 6.07) is 6.42. The van der Waals surface area contributed by atoms with Crippen molar-refractivity contribution in [1.29, 1.82) is 5.26 Å². The van der Waals surface area contributed by atoms with Crippen molar-refractivity contribution in [3.63, 3.8) is 0 Å². The van der Waals surface area contributed by atoms with Crippen LogP contribution in [0.25, 0.3) is 0 Å². The largest absolute Gasteiger partial charge is 0.207 e. The van der Waals surface area contributed by atoms with Crippen molar-refractivity contribution >= 4 is 7.85 Å². The summed E-state index contributed by atoms with van der Waals surface area (Å²) in [7, 11) is 1.88. The lowest BCUT2D eigenvalue weighted by atomic mass is 9.96. The SMILES string of the molecule is BCc1ccc(C#N)cc1F. The maximum absolute atomic E-state index is 12.9. The smallest absolute Gasteiger partial charge is 0.126 e. The highest BCUT2D eigenvalue weighted by atomic mass is 19.1. The van der Waals surface area contributed by atoms with Gasteiger partial charge in [0.15, 0.2) is 0 Å². The molecule has 0 heterocycles. The Morgan fingerprint density at radius 2 is 2.27 bits per heavy atom. The predicted octanol–water partition coefficient (Wildman–Crippen LogP) is 0.830. The summed E-state index contributed by atoms with van der Waals surface area (Å²) in [5.41, 5.74) is 1.03. The molecule has 54 valence electrons. The second-order valence-electron chi connectivity index (χ2n) is 2.27. The van der Waals surface area contributed by atoms with Crippen LogP contribution in [0, 0.1) is 17.1 Å². The van der Waals surface area contributed by atoms with Crippen molar-refractivity contribution in [1.82, 2.24) is 0 Å². The molecule has 1 nitrogen and oxygen atoms in total. The highest BCUT2D eigenvalue weighted by molar-refractivity contribution is 6.08. The quantitative estimate of drug-likeness (QED) is 0.539. The number of nitrogens with zero attached hydrogens (tertiary/aromatic N) is 1. The molecule has 0 saturated carbocycles. The van der Waals surface area contributed by atoms with E-state index in [1.54, 1.807) is 12.1 Å². The van der Waals surface area contributed by atoms with Gasteiger partial charge in [0, 0.05) is 0 Å². The van der Waals surface area contributed by atoms with Crippen molar-refractivity contribution in [2.24, 2.45) is 0 Å². The molecule has 3 heteroatoms. The Bertz CT molecular complexity index is 303. The first-order chi connectivity index (χ1) is 5.27. The molecule has 0 fully saturated rings. The number of rotatable bonds is 1. The van der Waals surface area contributed by atoms with Gasteiger partial charge in [0.1, 0.15) is 13.7 Å². The molecule has 1 aromatic carbocycles. The predicted molar refractivity (Wildman–Crippen MR) is 43.4 cm³/mol. The van der Waals surface area contributed by atoms with E-state index < -0.39 is 0 Å². The number of halogens is 1. The molecule has 0 amide bonds. The first-order valence-corrected chi connectivity index (χ1v) is 3.46. The Morgan fingerprint density at radius 3 is 2.73 bits per heavy atom. The van der Waals surface area contributed by atoms with Gasteiger partial charge in [-0.15, -0.1) is 0 Å². The van der Waals surface area contributed by atoms with Crippen LogP contribution in [-0.2, 0) is 6.32 Å². The molecular formula is C8H7BFN. The van der Waals surface area contributed by atoms with Gasteiger partial charge in [0.25, 0.3) is 0 Å². The van der Waals surface area contributed by atoms with E-state index in [0.29, 0.717) is 17.4 Å². The number of nitriles is 1. The highest BCUT2D eigenvalue weighted by Gasteiger charge is 1.99. The summed E-state index contributed by atoms with van der Waals surface area (Å²) in [6.45, 7) is 0. The molecular weight excluding hydrogens is 140 g/mol. The van der Waals surface area contributed by atoms with Gasteiger partial charge in [-0.3, -0.25) is 0 Å². The maximum Gasteiger partial charge on any atom is 0.126 e. The number of hydrogen-bond acceptors (Lipinski definition) is 1. The Labute approximate surface area is 65.9 Å². The van der Waals surface area contributed by atoms with Crippen LogP contribution >= 0.6 is 0 Å². The fraction of sp³-hybridized carbons (Fsp3) is 0.125. The van der Waals surface area contributed by atoms with Crippen LogP contribution in [-0.4, -0.2) is 7.85 Å². The minimum absolute atomic E-state index is 0.286. The zero-order valence-electron chi connectivity index (χ0n) is 6.26. The second-order valence-corrected chi connectivity index (χ2v) is 2.27. The van der Waals surface area contributed by atoms with Crippen LogP contribution in [0.3, 0.4) is 0 Å². The summed E-state index contributed by atoms with van der Waals surface area (Å²) in [5.74, 6) is -0.286. The van der Waals surface area contributed by atoms with E-state index in [0.717, 1.165) is 0 Å². The average Bonchev–Trinajstić information content (AvgIpc) is 2.04. The molecule has 0 aliphatic rings. The van der Waals surface area contributed by atoms with E-state index in [1.165, 1.54) is 6.07 Å². The lowest BCUT2D eigenvalue weighted by molar-refractivity contribution is 0.616. The normalized spacial score (nSPS) is 9.09. The van der Waals surface area contributed by atoms with Crippen molar-refractivity contribution in [2.45, 2.75) is 6.32 Å². The molecule has 1 aromatic rings. The van der Waals surface area contributed by atoms with E-state index >= 15 is 0 Å². The lowest BCUT2D eigenvalue weighted by Crippen LogP contribution is -1.90. The van der Waals surface area contributed by atoms with E-state index in [-0.39, 0.29) is 5.82 Å². The molecule has 11 heavy (non-hydrogen) atoms. The molecule has 0 aliphatic carbocycles. The van der Waals surface area contributed by atoms with E-state index in [2.05, 4.69) is 0 Å². The van der Waals surface area contributed by atoms with Crippen molar-refractivity contribution in [3.05, 3.63) is 35.1 Å². The summed E-state index contributed by atoms with van der Waals surface area (Å²) in [4.78, 5) is 0. The molecule has 0 aliphatic heterocycles. The van der Waals surface area contributed by atoms with Crippen LogP contribution in [0.4, 0.5) is 4.39 Å². The molecule has 0 unspecified atom stereocenters. The standard InChI is InChI=1S/C8H7BFN/c9-4-7-2-1-6(5-11)3-8(7)10/h1-3H,4,9H2. The first kappa shape index (κ1) is 7.81. The second kappa shape index (κ2) is 3.20. The summed E-state index contributed by atoms with van der Waals surface area (Å²) in [6.07, 6.45) is 0.664. The van der Waals surface area contributed by atoms with Gasteiger partial charge < -0.3 is 0 Å². The van der Waals surface area contributed by atoms with Gasteiger partial charge in [-0.1, -0.05) is 12.4 Å². The van der Waals surface area contributed by atoms with Gasteiger partial charge in [0.2, 0.25) is 0 Å². The van der Waals surface area contributed by atoms with Crippen molar-refractivity contribution in [3.8, 4) is 6.07 Å². The Balaban J connectivity index is 3.12. The highest BCUT2D eigenvalue weighted by Crippen LogP contribution is 2.08. The topological polar surface area (TPSA) is 23.8 Å². The third-order valence-electron chi connectivity index (χ3n) is 1.56. The molecule has 0 aromatic heterocycles. The number of benzene rings is 1. The van der Waals surface area contributed by atoms with Gasteiger partial charge >= 0.3 is 0 Å². The zero-order valence-corrected chi connectivity index (χ0v) is 6.26. The Morgan fingerprint density at radius 1 is 1.55 bits per heavy atom. The van der Waals surface area contributed by atoms with Gasteiger partial charge in [-0.05, 0) is 17.7 Å². The van der Waals surface area contributed by atoms with Gasteiger partial charge in [-0.2, -0.15) is 5.26 Å². The van der Waals surface area contributed by atoms with Crippen LogP contribution in [0.2, 0.25) is 0 Å². The van der Waals surface area contributed by atoms with Crippen LogP contribution < -0.4 is 0 Å². The van der Waals surface area contributed by atoms with Crippen LogP contribution in [0.1, 0.15) is 11.1 Å².